The van der Waals surface area contributed by atoms with Crippen LogP contribution >= 0.6 is 15.9 Å². The first-order chi connectivity index (χ1) is 8.01. The summed E-state index contributed by atoms with van der Waals surface area (Å²) in [6.07, 6.45) is 0. The number of nitrogens with two attached hydrogens (primary N) is 1. The minimum atomic E-state index is -3.79. The monoisotopic (exact) mass is 334 g/mol. The number of hydrogen-bond donors (Lipinski definition) is 2. The van der Waals surface area contributed by atoms with Crippen molar-refractivity contribution in [3.05, 3.63) is 23.8 Å². The van der Waals surface area contributed by atoms with E-state index in [-0.39, 0.29) is 10.8 Å². The minimum absolute atomic E-state index is 0.00711. The molecule has 0 unspecified atom stereocenters. The molecule has 0 atom stereocenters. The Morgan fingerprint density at radius 2 is 1.94 bits per heavy atom. The zero-order chi connectivity index (χ0) is 14.1. The number of primary sulfonamides is 1. The highest BCUT2D eigenvalue weighted by Gasteiger charge is 2.24. The molecule has 5 nitrogen and oxygen atoms in total. The lowest BCUT2D eigenvalue weighted by Gasteiger charge is -2.16. The van der Waals surface area contributed by atoms with Crippen LogP contribution in [0.25, 0.3) is 0 Å². The van der Waals surface area contributed by atoms with Gasteiger partial charge in [-0.15, -0.1) is 0 Å². The summed E-state index contributed by atoms with van der Waals surface area (Å²) in [6, 6.07) is 4.57. The second-order valence-electron chi connectivity index (χ2n) is 4.45. The molecule has 100 valence electrons. The summed E-state index contributed by atoms with van der Waals surface area (Å²) in [5, 5.41) is 7.71. The topological polar surface area (TPSA) is 89.3 Å². The summed E-state index contributed by atoms with van der Waals surface area (Å²) in [4.78, 5) is 11.7. The summed E-state index contributed by atoms with van der Waals surface area (Å²) in [5.74, 6) is -0.272. The van der Waals surface area contributed by atoms with E-state index in [0.717, 1.165) is 0 Å². The summed E-state index contributed by atoms with van der Waals surface area (Å²) in [6.45, 7) is 5.02. The maximum Gasteiger partial charge on any atom is 0.240 e. The second-order valence-corrected chi connectivity index (χ2v) is 7.96. The molecule has 0 fully saturated rings. The number of halogens is 1. The zero-order valence-electron chi connectivity index (χ0n) is 10.3. The molecule has 1 amide bonds. The first-order valence-electron chi connectivity index (χ1n) is 5.15. The average Bonchev–Trinajstić information content (AvgIpc) is 2.17. The summed E-state index contributed by atoms with van der Waals surface area (Å²) >= 11 is 3.22. The maximum absolute atomic E-state index is 11.7. The van der Waals surface area contributed by atoms with E-state index in [0.29, 0.717) is 11.3 Å². The zero-order valence-corrected chi connectivity index (χ0v) is 12.7. The predicted molar refractivity (Wildman–Crippen MR) is 74.2 cm³/mol. The molecule has 0 aromatic heterocycles. The fraction of sp³-hybridized carbons (Fsp3) is 0.364. The van der Waals surface area contributed by atoms with Gasteiger partial charge in [-0.2, -0.15) is 0 Å². The minimum Gasteiger partial charge on any atom is -0.325 e. The van der Waals surface area contributed by atoms with Gasteiger partial charge in [0, 0.05) is 5.69 Å². The number of carbonyl (C=O) groups is 1. The standard InChI is InChI=1S/C11H15BrN2O3S/c1-7-4-5-8(6-9(7)18(13,16)17)14-10(15)11(2,3)12/h4-6H,1-3H3,(H,14,15)(H2,13,16,17). The fourth-order valence-electron chi connectivity index (χ4n) is 1.26. The second kappa shape index (κ2) is 4.99. The van der Waals surface area contributed by atoms with E-state index in [1.807, 2.05) is 0 Å². The molecule has 0 spiro atoms. The van der Waals surface area contributed by atoms with Crippen molar-refractivity contribution >= 4 is 37.5 Å². The summed E-state index contributed by atoms with van der Waals surface area (Å²) < 4.78 is 22.0. The van der Waals surface area contributed by atoms with Crippen LogP contribution in [0.1, 0.15) is 19.4 Å². The Morgan fingerprint density at radius 1 is 1.39 bits per heavy atom. The summed E-state index contributed by atoms with van der Waals surface area (Å²) in [7, 11) is -3.79. The molecule has 0 saturated carbocycles. The molecule has 0 aliphatic heterocycles. The van der Waals surface area contributed by atoms with Gasteiger partial charge in [0.05, 0.1) is 9.22 Å². The van der Waals surface area contributed by atoms with Crippen LogP contribution in [-0.2, 0) is 14.8 Å². The van der Waals surface area contributed by atoms with Gasteiger partial charge in [0.1, 0.15) is 0 Å². The molecule has 0 aliphatic rings. The first kappa shape index (κ1) is 15.1. The molecule has 7 heteroatoms. The van der Waals surface area contributed by atoms with Crippen molar-refractivity contribution in [2.24, 2.45) is 5.14 Å². The van der Waals surface area contributed by atoms with Crippen LogP contribution in [-0.4, -0.2) is 18.6 Å². The number of benzene rings is 1. The molecule has 3 N–H and O–H groups in total. The first-order valence-corrected chi connectivity index (χ1v) is 7.49. The number of carbonyl (C=O) groups excluding carboxylic acids is 1. The third-order valence-corrected chi connectivity index (χ3v) is 3.71. The van der Waals surface area contributed by atoms with Crippen molar-refractivity contribution in [2.75, 3.05) is 5.32 Å². The lowest BCUT2D eigenvalue weighted by molar-refractivity contribution is -0.117. The molecule has 0 heterocycles. The van der Waals surface area contributed by atoms with E-state index in [9.17, 15) is 13.2 Å². The Labute approximate surface area is 115 Å². The Kier molecular flexibility index (Phi) is 4.19. The van der Waals surface area contributed by atoms with Crippen LogP contribution in [0.15, 0.2) is 23.1 Å². The number of sulfonamides is 1. The quantitative estimate of drug-likeness (QED) is 0.825. The number of nitrogens with one attached hydrogen (secondary N) is 1. The number of hydrogen-bond acceptors (Lipinski definition) is 3. The number of aryl methyl sites for hydroxylation is 1. The number of anilines is 1. The molecule has 18 heavy (non-hydrogen) atoms. The van der Waals surface area contributed by atoms with Gasteiger partial charge < -0.3 is 5.32 Å². The van der Waals surface area contributed by atoms with Crippen LogP contribution in [0.2, 0.25) is 0 Å². The van der Waals surface area contributed by atoms with E-state index >= 15 is 0 Å². The van der Waals surface area contributed by atoms with Gasteiger partial charge in [-0.25, -0.2) is 13.6 Å². The van der Waals surface area contributed by atoms with Crippen molar-refractivity contribution in [1.82, 2.24) is 0 Å². The Balaban J connectivity index is 3.12. The van der Waals surface area contributed by atoms with Gasteiger partial charge in [0.2, 0.25) is 15.9 Å². The Bertz CT molecular complexity index is 576. The van der Waals surface area contributed by atoms with Crippen LogP contribution < -0.4 is 10.5 Å². The van der Waals surface area contributed by atoms with Crippen LogP contribution in [0.4, 0.5) is 5.69 Å². The highest BCUT2D eigenvalue weighted by molar-refractivity contribution is 9.10. The van der Waals surface area contributed by atoms with E-state index < -0.39 is 14.3 Å². The van der Waals surface area contributed by atoms with Crippen molar-refractivity contribution < 1.29 is 13.2 Å². The largest absolute Gasteiger partial charge is 0.325 e. The molecule has 0 saturated heterocycles. The van der Waals surface area contributed by atoms with Gasteiger partial charge in [-0.1, -0.05) is 22.0 Å². The number of rotatable bonds is 3. The number of amides is 1. The molecular weight excluding hydrogens is 320 g/mol. The van der Waals surface area contributed by atoms with E-state index in [1.54, 1.807) is 32.9 Å². The van der Waals surface area contributed by atoms with Gasteiger partial charge in [0.15, 0.2) is 0 Å². The average molecular weight is 335 g/mol. The molecule has 1 aromatic carbocycles. The van der Waals surface area contributed by atoms with Crippen molar-refractivity contribution in [1.29, 1.82) is 0 Å². The highest BCUT2D eigenvalue weighted by atomic mass is 79.9. The smallest absolute Gasteiger partial charge is 0.240 e. The normalized spacial score (nSPS) is 12.3. The van der Waals surface area contributed by atoms with Gasteiger partial charge in [-0.05, 0) is 38.5 Å². The van der Waals surface area contributed by atoms with E-state index in [4.69, 9.17) is 5.14 Å². The SMILES string of the molecule is Cc1ccc(NC(=O)C(C)(C)Br)cc1S(N)(=O)=O. The molecule has 0 aliphatic carbocycles. The maximum atomic E-state index is 11.7. The number of alkyl halides is 1. The fourth-order valence-corrected chi connectivity index (χ4v) is 2.17. The van der Waals surface area contributed by atoms with Crippen molar-refractivity contribution in [3.63, 3.8) is 0 Å². The van der Waals surface area contributed by atoms with Crippen LogP contribution in [0, 0.1) is 6.92 Å². The van der Waals surface area contributed by atoms with Crippen molar-refractivity contribution in [3.8, 4) is 0 Å². The molecule has 1 aromatic rings. The van der Waals surface area contributed by atoms with Crippen LogP contribution in [0.3, 0.4) is 0 Å². The van der Waals surface area contributed by atoms with Gasteiger partial charge in [0.25, 0.3) is 0 Å². The lowest BCUT2D eigenvalue weighted by atomic mass is 10.2. The van der Waals surface area contributed by atoms with Crippen LogP contribution in [0.5, 0.6) is 0 Å². The Morgan fingerprint density at radius 3 is 2.39 bits per heavy atom. The highest BCUT2D eigenvalue weighted by Crippen LogP contribution is 2.22. The van der Waals surface area contributed by atoms with Crippen molar-refractivity contribution in [2.45, 2.75) is 30.0 Å². The van der Waals surface area contributed by atoms with E-state index in [2.05, 4.69) is 21.2 Å². The molecule has 0 bridgehead atoms. The van der Waals surface area contributed by atoms with Gasteiger partial charge >= 0.3 is 0 Å². The Hall–Kier alpha value is -0.920. The molecular formula is C11H15BrN2O3S. The molecule has 0 radical (unpaired) electrons. The molecule has 1 rings (SSSR count). The third kappa shape index (κ3) is 3.79. The van der Waals surface area contributed by atoms with E-state index in [1.165, 1.54) is 6.07 Å². The predicted octanol–water partition coefficient (Wildman–Crippen LogP) is 1.75. The third-order valence-electron chi connectivity index (χ3n) is 2.29. The van der Waals surface area contributed by atoms with Gasteiger partial charge in [-0.3, -0.25) is 4.79 Å². The lowest BCUT2D eigenvalue weighted by Crippen LogP contribution is -2.31. The summed E-state index contributed by atoms with van der Waals surface area (Å²) in [5.41, 5.74) is 0.927.